The highest BCUT2D eigenvalue weighted by molar-refractivity contribution is 4.92. The van der Waals surface area contributed by atoms with Crippen molar-refractivity contribution in [1.82, 2.24) is 5.32 Å². The van der Waals surface area contributed by atoms with Crippen LogP contribution >= 0.6 is 0 Å². The highest BCUT2D eigenvalue weighted by Gasteiger charge is 2.38. The van der Waals surface area contributed by atoms with Crippen molar-refractivity contribution >= 4 is 0 Å². The first-order valence-electron chi connectivity index (χ1n) is 8.16. The maximum atomic E-state index is 3.75. The molecule has 1 heteroatoms. The van der Waals surface area contributed by atoms with Crippen molar-refractivity contribution in [3.63, 3.8) is 0 Å². The first-order valence-corrected chi connectivity index (χ1v) is 8.16. The zero-order valence-electron chi connectivity index (χ0n) is 13.4. The fourth-order valence-corrected chi connectivity index (χ4v) is 3.14. The van der Waals surface area contributed by atoms with Crippen LogP contribution in [-0.4, -0.2) is 12.1 Å². The van der Waals surface area contributed by atoms with E-state index in [1.165, 1.54) is 57.9 Å². The van der Waals surface area contributed by atoms with Crippen molar-refractivity contribution in [2.24, 2.45) is 11.3 Å². The smallest absolute Gasteiger partial charge is 0.00967 e. The third-order valence-corrected chi connectivity index (χ3v) is 4.67. The van der Waals surface area contributed by atoms with Gasteiger partial charge >= 0.3 is 0 Å². The Morgan fingerprint density at radius 3 is 2.22 bits per heavy atom. The minimum Gasteiger partial charge on any atom is -0.312 e. The van der Waals surface area contributed by atoms with Crippen molar-refractivity contribution in [3.8, 4) is 0 Å². The molecule has 0 aliphatic heterocycles. The molecule has 1 fully saturated rings. The van der Waals surface area contributed by atoms with Crippen LogP contribution in [0.15, 0.2) is 0 Å². The average molecular weight is 253 g/mol. The number of nitrogens with one attached hydrogen (secondary N) is 1. The Kier molecular flexibility index (Phi) is 6.17. The van der Waals surface area contributed by atoms with E-state index in [0.717, 1.165) is 5.92 Å². The predicted molar refractivity (Wildman–Crippen MR) is 82.0 cm³/mol. The normalized spacial score (nSPS) is 20.5. The van der Waals surface area contributed by atoms with Crippen LogP contribution in [0.25, 0.3) is 0 Å². The zero-order valence-corrected chi connectivity index (χ0v) is 13.4. The quantitative estimate of drug-likeness (QED) is 0.630. The van der Waals surface area contributed by atoms with Crippen LogP contribution in [0.1, 0.15) is 86.0 Å². The SMILES string of the molecule is CCCCC(CC)CC1(CNC(C)(C)C)CCC1. The summed E-state index contributed by atoms with van der Waals surface area (Å²) in [7, 11) is 0. The lowest BCUT2D eigenvalue weighted by Crippen LogP contribution is -2.47. The maximum absolute atomic E-state index is 3.75. The molecule has 0 aromatic rings. The first-order chi connectivity index (χ1) is 8.41. The third kappa shape index (κ3) is 5.30. The summed E-state index contributed by atoms with van der Waals surface area (Å²) in [4.78, 5) is 0. The van der Waals surface area contributed by atoms with Gasteiger partial charge in [0.1, 0.15) is 0 Å². The highest BCUT2D eigenvalue weighted by Crippen LogP contribution is 2.47. The Bertz CT molecular complexity index is 222. The minimum absolute atomic E-state index is 0.272. The van der Waals surface area contributed by atoms with Gasteiger partial charge in [-0.1, -0.05) is 46.0 Å². The molecule has 0 aromatic carbocycles. The van der Waals surface area contributed by atoms with Gasteiger partial charge in [0.25, 0.3) is 0 Å². The number of rotatable bonds is 8. The van der Waals surface area contributed by atoms with E-state index in [9.17, 15) is 0 Å². The minimum atomic E-state index is 0.272. The van der Waals surface area contributed by atoms with E-state index in [4.69, 9.17) is 0 Å². The van der Waals surface area contributed by atoms with Gasteiger partial charge < -0.3 is 5.32 Å². The monoisotopic (exact) mass is 253 g/mol. The van der Waals surface area contributed by atoms with Crippen molar-refractivity contribution in [2.45, 2.75) is 91.5 Å². The molecule has 1 saturated carbocycles. The van der Waals surface area contributed by atoms with Gasteiger partial charge in [0.05, 0.1) is 0 Å². The second kappa shape index (κ2) is 6.93. The van der Waals surface area contributed by atoms with E-state index in [1.807, 2.05) is 0 Å². The molecule has 0 aromatic heterocycles. The van der Waals surface area contributed by atoms with Gasteiger partial charge in [-0.25, -0.2) is 0 Å². The van der Waals surface area contributed by atoms with E-state index in [-0.39, 0.29) is 5.54 Å². The Hall–Kier alpha value is -0.0400. The molecule has 0 radical (unpaired) electrons. The van der Waals surface area contributed by atoms with Gasteiger partial charge in [0, 0.05) is 12.1 Å². The summed E-state index contributed by atoms with van der Waals surface area (Å²) in [5, 5.41) is 3.75. The van der Waals surface area contributed by atoms with Gasteiger partial charge in [0.15, 0.2) is 0 Å². The second-order valence-electron chi connectivity index (χ2n) is 7.58. The molecule has 108 valence electrons. The Labute approximate surface area is 115 Å². The van der Waals surface area contributed by atoms with Gasteiger partial charge in [-0.15, -0.1) is 0 Å². The van der Waals surface area contributed by atoms with Gasteiger partial charge in [-0.3, -0.25) is 0 Å². The highest BCUT2D eigenvalue weighted by atomic mass is 15.0. The number of hydrogen-bond acceptors (Lipinski definition) is 1. The molecule has 1 atom stereocenters. The zero-order chi connectivity index (χ0) is 13.6. The maximum Gasteiger partial charge on any atom is 0.00967 e. The second-order valence-corrected chi connectivity index (χ2v) is 7.58. The molecule has 0 bridgehead atoms. The molecule has 0 heterocycles. The van der Waals surface area contributed by atoms with Crippen LogP contribution in [0.3, 0.4) is 0 Å². The summed E-state index contributed by atoms with van der Waals surface area (Å²) >= 11 is 0. The van der Waals surface area contributed by atoms with E-state index in [1.54, 1.807) is 0 Å². The molecule has 1 nitrogen and oxygen atoms in total. The van der Waals surface area contributed by atoms with Crippen molar-refractivity contribution in [3.05, 3.63) is 0 Å². The molecule has 1 aliphatic carbocycles. The lowest BCUT2D eigenvalue weighted by molar-refractivity contribution is 0.0784. The lowest BCUT2D eigenvalue weighted by Gasteiger charge is -2.46. The molecule has 0 saturated heterocycles. The van der Waals surface area contributed by atoms with Gasteiger partial charge in [0.2, 0.25) is 0 Å². The standard InChI is InChI=1S/C17H35N/c1-6-8-10-15(7-2)13-17(11-9-12-17)14-18-16(3,4)5/h15,18H,6-14H2,1-5H3. The van der Waals surface area contributed by atoms with Crippen LogP contribution in [0.2, 0.25) is 0 Å². The molecule has 18 heavy (non-hydrogen) atoms. The Balaban J connectivity index is 2.43. The molecular weight excluding hydrogens is 218 g/mol. The number of hydrogen-bond donors (Lipinski definition) is 1. The Morgan fingerprint density at radius 2 is 1.83 bits per heavy atom. The molecule has 1 unspecified atom stereocenters. The van der Waals surface area contributed by atoms with Gasteiger partial charge in [-0.2, -0.15) is 0 Å². The van der Waals surface area contributed by atoms with E-state index in [0.29, 0.717) is 5.41 Å². The summed E-state index contributed by atoms with van der Waals surface area (Å²) < 4.78 is 0. The Morgan fingerprint density at radius 1 is 1.17 bits per heavy atom. The third-order valence-electron chi connectivity index (χ3n) is 4.67. The topological polar surface area (TPSA) is 12.0 Å². The predicted octanol–water partition coefficient (Wildman–Crippen LogP) is 5.15. The van der Waals surface area contributed by atoms with E-state index in [2.05, 4.69) is 39.9 Å². The average Bonchev–Trinajstić information content (AvgIpc) is 2.25. The molecular formula is C17H35N. The summed E-state index contributed by atoms with van der Waals surface area (Å²) in [6, 6.07) is 0. The first kappa shape index (κ1) is 16.0. The van der Waals surface area contributed by atoms with Crippen LogP contribution in [0.4, 0.5) is 0 Å². The summed E-state index contributed by atoms with van der Waals surface area (Å²) in [5.41, 5.74) is 0.912. The number of unbranched alkanes of at least 4 members (excludes halogenated alkanes) is 1. The van der Waals surface area contributed by atoms with Crippen LogP contribution < -0.4 is 5.32 Å². The summed E-state index contributed by atoms with van der Waals surface area (Å²) in [6.07, 6.45) is 11.4. The van der Waals surface area contributed by atoms with E-state index >= 15 is 0 Å². The largest absolute Gasteiger partial charge is 0.312 e. The summed E-state index contributed by atoms with van der Waals surface area (Å²) in [6.45, 7) is 12.8. The van der Waals surface area contributed by atoms with Crippen LogP contribution in [0, 0.1) is 11.3 Å². The fraction of sp³-hybridized carbons (Fsp3) is 1.00. The van der Waals surface area contributed by atoms with Crippen molar-refractivity contribution in [2.75, 3.05) is 6.54 Å². The van der Waals surface area contributed by atoms with Crippen molar-refractivity contribution < 1.29 is 0 Å². The van der Waals surface area contributed by atoms with Gasteiger partial charge in [-0.05, 0) is 51.4 Å². The fourth-order valence-electron chi connectivity index (χ4n) is 3.14. The van der Waals surface area contributed by atoms with Crippen molar-refractivity contribution in [1.29, 1.82) is 0 Å². The van der Waals surface area contributed by atoms with Crippen LogP contribution in [-0.2, 0) is 0 Å². The lowest BCUT2D eigenvalue weighted by atomic mass is 9.63. The molecule has 1 aliphatic rings. The molecule has 0 amide bonds. The molecule has 0 spiro atoms. The van der Waals surface area contributed by atoms with Crippen LogP contribution in [0.5, 0.6) is 0 Å². The van der Waals surface area contributed by atoms with E-state index < -0.39 is 0 Å². The molecule has 1 rings (SSSR count). The summed E-state index contributed by atoms with van der Waals surface area (Å²) in [5.74, 6) is 0.965. The molecule has 1 N–H and O–H groups in total.